The Bertz CT molecular complexity index is 297. The van der Waals surface area contributed by atoms with Gasteiger partial charge in [0.1, 0.15) is 0 Å². The highest BCUT2D eigenvalue weighted by atomic mass is 15.2. The molecule has 0 unspecified atom stereocenters. The first kappa shape index (κ1) is 10.7. The molecule has 0 amide bonds. The van der Waals surface area contributed by atoms with Gasteiger partial charge in [-0.15, -0.1) is 0 Å². The SMILES string of the molecule is C[C@H]1CNCCN1[C@@H](C)c1ccccc1. The molecular formula is C13H20N2. The molecule has 1 aromatic rings. The van der Waals surface area contributed by atoms with Gasteiger partial charge in [-0.3, -0.25) is 4.90 Å². The van der Waals surface area contributed by atoms with Crippen LogP contribution in [-0.2, 0) is 0 Å². The fraction of sp³-hybridized carbons (Fsp3) is 0.538. The second kappa shape index (κ2) is 4.77. The lowest BCUT2D eigenvalue weighted by molar-refractivity contribution is 0.126. The smallest absolute Gasteiger partial charge is 0.0323 e. The van der Waals surface area contributed by atoms with Gasteiger partial charge < -0.3 is 5.32 Å². The van der Waals surface area contributed by atoms with E-state index in [1.54, 1.807) is 0 Å². The Hall–Kier alpha value is -0.860. The average Bonchev–Trinajstić information content (AvgIpc) is 2.30. The van der Waals surface area contributed by atoms with E-state index in [-0.39, 0.29) is 0 Å². The van der Waals surface area contributed by atoms with Crippen molar-refractivity contribution in [1.29, 1.82) is 0 Å². The molecular weight excluding hydrogens is 184 g/mol. The lowest BCUT2D eigenvalue weighted by Gasteiger charge is -2.38. The van der Waals surface area contributed by atoms with Crippen molar-refractivity contribution in [3.63, 3.8) is 0 Å². The molecule has 2 nitrogen and oxygen atoms in total. The Morgan fingerprint density at radius 1 is 1.33 bits per heavy atom. The highest BCUT2D eigenvalue weighted by molar-refractivity contribution is 5.18. The van der Waals surface area contributed by atoms with Crippen molar-refractivity contribution in [2.24, 2.45) is 0 Å². The zero-order valence-corrected chi connectivity index (χ0v) is 9.61. The van der Waals surface area contributed by atoms with Crippen LogP contribution in [0.15, 0.2) is 30.3 Å². The molecule has 0 radical (unpaired) electrons. The van der Waals surface area contributed by atoms with Crippen molar-refractivity contribution in [3.8, 4) is 0 Å². The number of rotatable bonds is 2. The number of benzene rings is 1. The number of hydrogen-bond donors (Lipinski definition) is 1. The second-order valence-corrected chi connectivity index (χ2v) is 4.38. The quantitative estimate of drug-likeness (QED) is 0.793. The van der Waals surface area contributed by atoms with Crippen LogP contribution in [0.3, 0.4) is 0 Å². The molecule has 1 saturated heterocycles. The van der Waals surface area contributed by atoms with E-state index in [2.05, 4.69) is 54.4 Å². The Labute approximate surface area is 92.3 Å². The van der Waals surface area contributed by atoms with E-state index in [0.29, 0.717) is 12.1 Å². The maximum absolute atomic E-state index is 3.43. The predicted molar refractivity (Wildman–Crippen MR) is 63.9 cm³/mol. The summed E-state index contributed by atoms with van der Waals surface area (Å²) < 4.78 is 0. The van der Waals surface area contributed by atoms with E-state index in [1.165, 1.54) is 5.56 Å². The number of nitrogens with zero attached hydrogens (tertiary/aromatic N) is 1. The Kier molecular flexibility index (Phi) is 3.39. The summed E-state index contributed by atoms with van der Waals surface area (Å²) in [5.74, 6) is 0. The van der Waals surface area contributed by atoms with Crippen LogP contribution in [0.2, 0.25) is 0 Å². The second-order valence-electron chi connectivity index (χ2n) is 4.38. The first-order valence-electron chi connectivity index (χ1n) is 5.80. The molecule has 2 heteroatoms. The van der Waals surface area contributed by atoms with Gasteiger partial charge in [0.25, 0.3) is 0 Å². The standard InChI is InChI=1S/C13H20N2/c1-11-10-14-8-9-15(11)12(2)13-6-4-3-5-7-13/h3-7,11-12,14H,8-10H2,1-2H3/t11-,12-/m0/s1. The average molecular weight is 204 g/mol. The summed E-state index contributed by atoms with van der Waals surface area (Å²) >= 11 is 0. The van der Waals surface area contributed by atoms with E-state index in [4.69, 9.17) is 0 Å². The van der Waals surface area contributed by atoms with Crippen molar-refractivity contribution in [2.45, 2.75) is 25.9 Å². The van der Waals surface area contributed by atoms with E-state index in [9.17, 15) is 0 Å². The molecule has 2 rings (SSSR count). The topological polar surface area (TPSA) is 15.3 Å². The Balaban J connectivity index is 2.09. The molecule has 1 aliphatic rings. The fourth-order valence-corrected chi connectivity index (χ4v) is 2.36. The van der Waals surface area contributed by atoms with Crippen molar-refractivity contribution >= 4 is 0 Å². The van der Waals surface area contributed by atoms with Crippen LogP contribution in [-0.4, -0.2) is 30.6 Å². The van der Waals surface area contributed by atoms with Gasteiger partial charge in [0.2, 0.25) is 0 Å². The molecule has 0 saturated carbocycles. The van der Waals surface area contributed by atoms with Crippen molar-refractivity contribution in [3.05, 3.63) is 35.9 Å². The molecule has 1 fully saturated rings. The van der Waals surface area contributed by atoms with Gasteiger partial charge in [-0.25, -0.2) is 0 Å². The summed E-state index contributed by atoms with van der Waals surface area (Å²) in [4.78, 5) is 2.58. The molecule has 1 heterocycles. The molecule has 0 spiro atoms. The maximum atomic E-state index is 3.43. The van der Waals surface area contributed by atoms with E-state index in [1.807, 2.05) is 0 Å². The summed E-state index contributed by atoms with van der Waals surface area (Å²) in [6, 6.07) is 11.9. The summed E-state index contributed by atoms with van der Waals surface area (Å²) in [5, 5.41) is 3.43. The third-order valence-electron chi connectivity index (χ3n) is 3.33. The minimum absolute atomic E-state index is 0.531. The van der Waals surface area contributed by atoms with Crippen LogP contribution in [0.1, 0.15) is 25.5 Å². The molecule has 1 N–H and O–H groups in total. The van der Waals surface area contributed by atoms with Crippen LogP contribution in [0.4, 0.5) is 0 Å². The molecule has 82 valence electrons. The monoisotopic (exact) mass is 204 g/mol. The van der Waals surface area contributed by atoms with E-state index < -0.39 is 0 Å². The van der Waals surface area contributed by atoms with Gasteiger partial charge in [0.05, 0.1) is 0 Å². The van der Waals surface area contributed by atoms with Crippen molar-refractivity contribution < 1.29 is 0 Å². The van der Waals surface area contributed by atoms with Crippen LogP contribution < -0.4 is 5.32 Å². The fourth-order valence-electron chi connectivity index (χ4n) is 2.36. The lowest BCUT2D eigenvalue weighted by atomic mass is 10.0. The number of nitrogens with one attached hydrogen (secondary N) is 1. The van der Waals surface area contributed by atoms with Crippen molar-refractivity contribution in [1.82, 2.24) is 10.2 Å². The minimum Gasteiger partial charge on any atom is -0.314 e. The number of hydrogen-bond acceptors (Lipinski definition) is 2. The highest BCUT2D eigenvalue weighted by Gasteiger charge is 2.23. The zero-order valence-electron chi connectivity index (χ0n) is 9.61. The van der Waals surface area contributed by atoms with Gasteiger partial charge in [-0.2, -0.15) is 0 Å². The van der Waals surface area contributed by atoms with Gasteiger partial charge in [0, 0.05) is 31.7 Å². The Morgan fingerprint density at radius 2 is 2.07 bits per heavy atom. The van der Waals surface area contributed by atoms with E-state index in [0.717, 1.165) is 19.6 Å². The summed E-state index contributed by atoms with van der Waals surface area (Å²) in [6.07, 6.45) is 0. The van der Waals surface area contributed by atoms with Crippen LogP contribution >= 0.6 is 0 Å². The predicted octanol–water partition coefficient (Wildman–Crippen LogP) is 2.04. The normalized spacial score (nSPS) is 25.1. The summed E-state index contributed by atoms with van der Waals surface area (Å²) in [6.45, 7) is 7.97. The van der Waals surface area contributed by atoms with Gasteiger partial charge in [-0.05, 0) is 19.4 Å². The lowest BCUT2D eigenvalue weighted by Crippen LogP contribution is -2.50. The van der Waals surface area contributed by atoms with E-state index >= 15 is 0 Å². The van der Waals surface area contributed by atoms with Crippen LogP contribution in [0, 0.1) is 0 Å². The Morgan fingerprint density at radius 3 is 2.73 bits per heavy atom. The third kappa shape index (κ3) is 2.39. The number of piperazine rings is 1. The van der Waals surface area contributed by atoms with Gasteiger partial charge >= 0.3 is 0 Å². The molecule has 0 bridgehead atoms. The molecule has 1 aromatic carbocycles. The molecule has 2 atom stereocenters. The largest absolute Gasteiger partial charge is 0.314 e. The van der Waals surface area contributed by atoms with Crippen LogP contribution in [0.5, 0.6) is 0 Å². The zero-order chi connectivity index (χ0) is 10.7. The highest BCUT2D eigenvalue weighted by Crippen LogP contribution is 2.22. The first-order valence-corrected chi connectivity index (χ1v) is 5.80. The molecule has 15 heavy (non-hydrogen) atoms. The van der Waals surface area contributed by atoms with Gasteiger partial charge in [0.15, 0.2) is 0 Å². The molecule has 0 aromatic heterocycles. The maximum Gasteiger partial charge on any atom is 0.0323 e. The van der Waals surface area contributed by atoms with Crippen LogP contribution in [0.25, 0.3) is 0 Å². The first-order chi connectivity index (χ1) is 7.29. The molecule has 0 aliphatic carbocycles. The third-order valence-corrected chi connectivity index (χ3v) is 3.33. The summed E-state index contributed by atoms with van der Waals surface area (Å²) in [7, 11) is 0. The van der Waals surface area contributed by atoms with Gasteiger partial charge in [-0.1, -0.05) is 30.3 Å². The summed E-state index contributed by atoms with van der Waals surface area (Å²) in [5.41, 5.74) is 1.42. The molecule has 1 aliphatic heterocycles. The van der Waals surface area contributed by atoms with Crippen molar-refractivity contribution in [2.75, 3.05) is 19.6 Å². The minimum atomic E-state index is 0.531.